The Bertz CT molecular complexity index is 592. The highest BCUT2D eigenvalue weighted by atomic mass is 32.2. The number of amides is 3. The van der Waals surface area contributed by atoms with Crippen LogP contribution in [0.2, 0.25) is 0 Å². The second kappa shape index (κ2) is 5.92. The van der Waals surface area contributed by atoms with Crippen molar-refractivity contribution in [2.75, 3.05) is 11.9 Å². The summed E-state index contributed by atoms with van der Waals surface area (Å²) in [6.07, 6.45) is 0. The van der Waals surface area contributed by atoms with E-state index in [1.807, 2.05) is 6.07 Å². The minimum atomic E-state index is -0.408. The number of nitrogens with one attached hydrogen (secondary N) is 1. The quantitative estimate of drug-likeness (QED) is 0.869. The van der Waals surface area contributed by atoms with E-state index in [1.54, 1.807) is 38.1 Å². The average molecular weight is 290 g/mol. The van der Waals surface area contributed by atoms with Gasteiger partial charge in [0.15, 0.2) is 0 Å². The Morgan fingerprint density at radius 2 is 1.85 bits per heavy atom. The number of imide groups is 1. The maximum absolute atomic E-state index is 12.0. The molecule has 1 aromatic carbocycles. The summed E-state index contributed by atoms with van der Waals surface area (Å²) < 4.78 is 0. The molecule has 3 amide bonds. The molecule has 6 heteroatoms. The number of anilines is 1. The van der Waals surface area contributed by atoms with Gasteiger partial charge in [-0.1, -0.05) is 23.8 Å². The van der Waals surface area contributed by atoms with Crippen LogP contribution >= 0.6 is 11.8 Å². The van der Waals surface area contributed by atoms with E-state index < -0.39 is 17.1 Å². The molecular formula is C14H14N2O3S. The Labute approximate surface area is 121 Å². The van der Waals surface area contributed by atoms with Crippen molar-refractivity contribution in [1.29, 1.82) is 0 Å². The molecule has 0 aromatic heterocycles. The van der Waals surface area contributed by atoms with Gasteiger partial charge in [-0.15, -0.1) is 0 Å². The number of hydrogen-bond donors (Lipinski definition) is 1. The van der Waals surface area contributed by atoms with E-state index in [-0.39, 0.29) is 6.54 Å². The van der Waals surface area contributed by atoms with Crippen LogP contribution in [-0.4, -0.2) is 28.5 Å². The summed E-state index contributed by atoms with van der Waals surface area (Å²) in [6, 6.07) is 8.89. The van der Waals surface area contributed by atoms with Gasteiger partial charge in [-0.05, 0) is 37.7 Å². The summed E-state index contributed by atoms with van der Waals surface area (Å²) in [5.74, 6) is -0.795. The third kappa shape index (κ3) is 3.08. The average Bonchev–Trinajstić information content (AvgIpc) is 2.68. The summed E-state index contributed by atoms with van der Waals surface area (Å²) >= 11 is 0.875. The van der Waals surface area contributed by atoms with Gasteiger partial charge in [-0.25, -0.2) is 0 Å². The van der Waals surface area contributed by atoms with Crippen LogP contribution in [0.1, 0.15) is 13.8 Å². The SMILES string of the molecule is CC(C)=C1SC(=O)N(CC(=O)Nc2ccccc2)C1=O. The van der Waals surface area contributed by atoms with Crippen molar-refractivity contribution >= 4 is 34.5 Å². The van der Waals surface area contributed by atoms with Crippen LogP contribution in [0.25, 0.3) is 0 Å². The van der Waals surface area contributed by atoms with E-state index in [9.17, 15) is 14.4 Å². The maximum atomic E-state index is 12.0. The summed E-state index contributed by atoms with van der Waals surface area (Å²) in [7, 11) is 0. The molecule has 1 heterocycles. The lowest BCUT2D eigenvalue weighted by molar-refractivity contribution is -0.127. The van der Waals surface area contributed by atoms with E-state index >= 15 is 0 Å². The molecule has 1 fully saturated rings. The lowest BCUT2D eigenvalue weighted by Crippen LogP contribution is -2.36. The molecule has 1 aliphatic rings. The molecule has 2 rings (SSSR count). The fourth-order valence-corrected chi connectivity index (χ4v) is 2.54. The number of para-hydroxylation sites is 1. The highest BCUT2D eigenvalue weighted by molar-refractivity contribution is 8.18. The van der Waals surface area contributed by atoms with E-state index in [1.165, 1.54) is 0 Å². The molecule has 0 saturated carbocycles. The predicted molar refractivity (Wildman–Crippen MR) is 78.1 cm³/mol. The van der Waals surface area contributed by atoms with Crippen molar-refractivity contribution in [3.8, 4) is 0 Å². The first-order valence-electron chi connectivity index (χ1n) is 6.05. The molecule has 0 radical (unpaired) electrons. The molecule has 0 spiro atoms. The second-order valence-electron chi connectivity index (χ2n) is 4.50. The van der Waals surface area contributed by atoms with Crippen LogP contribution in [0.4, 0.5) is 10.5 Å². The third-order valence-corrected chi connectivity index (χ3v) is 3.84. The summed E-state index contributed by atoms with van der Waals surface area (Å²) in [6.45, 7) is 3.26. The zero-order chi connectivity index (χ0) is 14.7. The van der Waals surface area contributed by atoms with Crippen LogP contribution in [0, 0.1) is 0 Å². The van der Waals surface area contributed by atoms with Crippen LogP contribution in [0.3, 0.4) is 0 Å². The fraction of sp³-hybridized carbons (Fsp3) is 0.214. The topological polar surface area (TPSA) is 66.5 Å². The second-order valence-corrected chi connectivity index (χ2v) is 5.46. The lowest BCUT2D eigenvalue weighted by Gasteiger charge is -2.12. The number of hydrogen-bond acceptors (Lipinski definition) is 4. The normalized spacial score (nSPS) is 14.7. The summed E-state index contributed by atoms with van der Waals surface area (Å²) in [5.41, 5.74) is 1.41. The van der Waals surface area contributed by atoms with E-state index in [2.05, 4.69) is 5.32 Å². The molecule has 1 aromatic rings. The van der Waals surface area contributed by atoms with Crippen LogP contribution in [0.15, 0.2) is 40.8 Å². The van der Waals surface area contributed by atoms with Crippen molar-refractivity contribution in [2.24, 2.45) is 0 Å². The number of thioether (sulfide) groups is 1. The molecule has 5 nitrogen and oxygen atoms in total. The van der Waals surface area contributed by atoms with Gasteiger partial charge in [0.25, 0.3) is 11.1 Å². The Morgan fingerprint density at radius 3 is 2.40 bits per heavy atom. The van der Waals surface area contributed by atoms with Crippen molar-refractivity contribution in [2.45, 2.75) is 13.8 Å². The number of carbonyl (C=O) groups excluding carboxylic acids is 3. The number of benzene rings is 1. The molecule has 1 saturated heterocycles. The van der Waals surface area contributed by atoms with Gasteiger partial charge in [-0.2, -0.15) is 0 Å². The number of nitrogens with zero attached hydrogens (tertiary/aromatic N) is 1. The zero-order valence-corrected chi connectivity index (χ0v) is 12.0. The molecule has 0 unspecified atom stereocenters. The fourth-order valence-electron chi connectivity index (χ4n) is 1.71. The Morgan fingerprint density at radius 1 is 1.20 bits per heavy atom. The van der Waals surface area contributed by atoms with Crippen molar-refractivity contribution in [3.63, 3.8) is 0 Å². The predicted octanol–water partition coefficient (Wildman–Crippen LogP) is 2.61. The zero-order valence-electron chi connectivity index (χ0n) is 11.2. The summed E-state index contributed by atoms with van der Waals surface area (Å²) in [4.78, 5) is 37.0. The Hall–Kier alpha value is -2.08. The molecular weight excluding hydrogens is 276 g/mol. The largest absolute Gasteiger partial charge is 0.325 e. The number of rotatable bonds is 3. The highest BCUT2D eigenvalue weighted by Crippen LogP contribution is 2.32. The van der Waals surface area contributed by atoms with Gasteiger partial charge in [0, 0.05) is 5.69 Å². The lowest BCUT2D eigenvalue weighted by atomic mass is 10.3. The van der Waals surface area contributed by atoms with E-state index in [0.717, 1.165) is 22.2 Å². The third-order valence-electron chi connectivity index (χ3n) is 2.66. The first kappa shape index (κ1) is 14.3. The van der Waals surface area contributed by atoms with Crippen LogP contribution in [-0.2, 0) is 9.59 Å². The Kier molecular flexibility index (Phi) is 4.24. The first-order valence-corrected chi connectivity index (χ1v) is 6.86. The van der Waals surface area contributed by atoms with Crippen molar-refractivity contribution in [1.82, 2.24) is 4.90 Å². The van der Waals surface area contributed by atoms with E-state index in [4.69, 9.17) is 0 Å². The maximum Gasteiger partial charge on any atom is 0.294 e. The van der Waals surface area contributed by atoms with Crippen LogP contribution in [0.5, 0.6) is 0 Å². The van der Waals surface area contributed by atoms with Crippen LogP contribution < -0.4 is 5.32 Å². The summed E-state index contributed by atoms with van der Waals surface area (Å²) in [5, 5.41) is 2.24. The number of allylic oxidation sites excluding steroid dienone is 1. The molecule has 1 aliphatic heterocycles. The van der Waals surface area contributed by atoms with Gasteiger partial charge in [0.05, 0.1) is 4.91 Å². The molecule has 0 bridgehead atoms. The Balaban J connectivity index is 2.04. The van der Waals surface area contributed by atoms with Gasteiger partial charge in [-0.3, -0.25) is 19.3 Å². The number of carbonyl (C=O) groups is 3. The first-order chi connectivity index (χ1) is 9.49. The molecule has 0 atom stereocenters. The molecule has 1 N–H and O–H groups in total. The van der Waals surface area contributed by atoms with Gasteiger partial charge in [0.2, 0.25) is 5.91 Å². The molecule has 104 valence electrons. The minimum Gasteiger partial charge on any atom is -0.325 e. The van der Waals surface area contributed by atoms with Gasteiger partial charge < -0.3 is 5.32 Å². The molecule has 0 aliphatic carbocycles. The molecule has 20 heavy (non-hydrogen) atoms. The van der Waals surface area contributed by atoms with Crippen molar-refractivity contribution in [3.05, 3.63) is 40.8 Å². The van der Waals surface area contributed by atoms with Gasteiger partial charge in [0.1, 0.15) is 6.54 Å². The van der Waals surface area contributed by atoms with E-state index in [0.29, 0.717) is 10.6 Å². The van der Waals surface area contributed by atoms with Gasteiger partial charge >= 0.3 is 0 Å². The standard InChI is InChI=1S/C14H14N2O3S/c1-9(2)12-13(18)16(14(19)20-12)8-11(17)15-10-6-4-3-5-7-10/h3-7H,8H2,1-2H3,(H,15,17). The monoisotopic (exact) mass is 290 g/mol. The highest BCUT2D eigenvalue weighted by Gasteiger charge is 2.36. The van der Waals surface area contributed by atoms with Crippen molar-refractivity contribution < 1.29 is 14.4 Å². The smallest absolute Gasteiger partial charge is 0.294 e. The minimum absolute atomic E-state index is 0.268.